The zero-order chi connectivity index (χ0) is 21.7. The van der Waals surface area contributed by atoms with Gasteiger partial charge in [0.2, 0.25) is 11.7 Å². The van der Waals surface area contributed by atoms with Gasteiger partial charge >= 0.3 is 5.97 Å². The maximum Gasteiger partial charge on any atom is 0.313 e. The van der Waals surface area contributed by atoms with Gasteiger partial charge < -0.3 is 15.2 Å². The van der Waals surface area contributed by atoms with Gasteiger partial charge in [0.05, 0.1) is 10.4 Å². The van der Waals surface area contributed by atoms with Crippen molar-refractivity contribution in [1.29, 1.82) is 0 Å². The molecule has 3 rings (SSSR count). The second kappa shape index (κ2) is 9.04. The molecule has 0 saturated heterocycles. The van der Waals surface area contributed by atoms with Crippen LogP contribution in [0.2, 0.25) is 5.02 Å². The Kier molecular flexibility index (Phi) is 6.47. The van der Waals surface area contributed by atoms with E-state index in [4.69, 9.17) is 16.3 Å². The van der Waals surface area contributed by atoms with Crippen LogP contribution in [0.25, 0.3) is 0 Å². The number of aromatic nitrogens is 1. The van der Waals surface area contributed by atoms with Crippen molar-refractivity contribution in [1.82, 2.24) is 10.3 Å². The number of rotatable bonds is 7. The Morgan fingerprint density at radius 2 is 2.10 bits per heavy atom. The summed E-state index contributed by atoms with van der Waals surface area (Å²) >= 11 is 5.91. The number of carbonyl (C=O) groups excluding carboxylic acids is 1. The monoisotopic (exact) mass is 434 g/mol. The molecule has 2 aromatic rings. The van der Waals surface area contributed by atoms with E-state index in [1.807, 2.05) is 0 Å². The molecule has 2 N–H and O–H groups in total. The van der Waals surface area contributed by atoms with Gasteiger partial charge in [-0.25, -0.2) is 9.37 Å². The van der Waals surface area contributed by atoms with E-state index in [0.29, 0.717) is 6.42 Å². The Morgan fingerprint density at radius 1 is 1.30 bits per heavy atom. The van der Waals surface area contributed by atoms with Crippen molar-refractivity contribution in [3.8, 4) is 11.6 Å². The summed E-state index contributed by atoms with van der Waals surface area (Å²) in [6.07, 6.45) is 8.40. The van der Waals surface area contributed by atoms with Crippen LogP contribution in [0.1, 0.15) is 23.2 Å². The number of hydrogen-bond donors (Lipinski definition) is 2. The molecule has 0 aliphatic heterocycles. The molecule has 0 spiro atoms. The molecular weight excluding hydrogens is 418 g/mol. The first-order valence-corrected chi connectivity index (χ1v) is 9.33. The maximum absolute atomic E-state index is 13.9. The molecular formula is C21H17ClF2N2O4. The molecule has 6 nitrogen and oxygen atoms in total. The third-order valence-electron chi connectivity index (χ3n) is 4.61. The fourth-order valence-corrected chi connectivity index (χ4v) is 3.11. The Bertz CT molecular complexity index is 1040. The lowest BCUT2D eigenvalue weighted by Crippen LogP contribution is -2.35. The van der Waals surface area contributed by atoms with E-state index in [0.717, 1.165) is 6.07 Å². The molecule has 0 saturated carbocycles. The fourth-order valence-electron chi connectivity index (χ4n) is 2.95. The van der Waals surface area contributed by atoms with Gasteiger partial charge in [0.1, 0.15) is 5.56 Å². The van der Waals surface area contributed by atoms with E-state index in [9.17, 15) is 23.5 Å². The highest BCUT2D eigenvalue weighted by Crippen LogP contribution is 2.32. The summed E-state index contributed by atoms with van der Waals surface area (Å²) in [6, 6.07) is 4.64. The lowest BCUT2D eigenvalue weighted by Gasteiger charge is -2.26. The molecule has 1 aromatic carbocycles. The van der Waals surface area contributed by atoms with Crippen LogP contribution in [0, 0.1) is 17.0 Å². The maximum atomic E-state index is 13.9. The number of nitrogens with zero attached hydrogens (tertiary/aromatic N) is 1. The van der Waals surface area contributed by atoms with E-state index >= 15 is 0 Å². The molecule has 30 heavy (non-hydrogen) atoms. The van der Waals surface area contributed by atoms with Crippen LogP contribution in [0.15, 0.2) is 54.8 Å². The topological polar surface area (TPSA) is 88.5 Å². The number of pyridine rings is 1. The molecule has 0 fully saturated rings. The summed E-state index contributed by atoms with van der Waals surface area (Å²) in [5, 5.41) is 12.3. The number of aliphatic carboxylic acids is 1. The van der Waals surface area contributed by atoms with Gasteiger partial charge in [-0.05, 0) is 31.0 Å². The Labute approximate surface area is 175 Å². The van der Waals surface area contributed by atoms with Crippen molar-refractivity contribution in [3.05, 3.63) is 77.0 Å². The number of halogens is 3. The summed E-state index contributed by atoms with van der Waals surface area (Å²) in [5.41, 5.74) is -1.21. The highest BCUT2D eigenvalue weighted by molar-refractivity contribution is 6.30. The van der Waals surface area contributed by atoms with Crippen LogP contribution >= 0.6 is 11.6 Å². The molecule has 0 bridgehead atoms. The van der Waals surface area contributed by atoms with E-state index in [1.54, 1.807) is 24.3 Å². The van der Waals surface area contributed by atoms with Gasteiger partial charge in [-0.3, -0.25) is 9.59 Å². The number of carbonyl (C=O) groups is 2. The Balaban J connectivity index is 1.75. The average Bonchev–Trinajstić information content (AvgIpc) is 2.73. The molecule has 1 heterocycles. The van der Waals surface area contributed by atoms with Crippen molar-refractivity contribution in [2.24, 2.45) is 5.41 Å². The second-order valence-corrected chi connectivity index (χ2v) is 7.06. The van der Waals surface area contributed by atoms with Gasteiger partial charge in [-0.15, -0.1) is 0 Å². The number of nitrogens with one attached hydrogen (secondary N) is 1. The quantitative estimate of drug-likeness (QED) is 0.669. The minimum Gasteiger partial charge on any atom is -0.481 e. The molecule has 1 aliphatic carbocycles. The predicted octanol–water partition coefficient (Wildman–Crippen LogP) is 4.51. The SMILES string of the molecule is O=C(NCCC1(C(=O)O)C=CC=CC1)c1cc(Cl)cnc1Oc1cccc(F)c1F. The van der Waals surface area contributed by atoms with Crippen molar-refractivity contribution in [2.75, 3.05) is 6.54 Å². The largest absolute Gasteiger partial charge is 0.481 e. The van der Waals surface area contributed by atoms with Crippen LogP contribution in [-0.2, 0) is 4.79 Å². The van der Waals surface area contributed by atoms with Gasteiger partial charge in [-0.1, -0.05) is 42.0 Å². The van der Waals surface area contributed by atoms with Crippen molar-refractivity contribution < 1.29 is 28.2 Å². The van der Waals surface area contributed by atoms with Crippen molar-refractivity contribution in [2.45, 2.75) is 12.8 Å². The first kappa shape index (κ1) is 21.4. The minimum atomic E-state index is -1.22. The molecule has 156 valence electrons. The third kappa shape index (κ3) is 4.65. The summed E-state index contributed by atoms with van der Waals surface area (Å²) in [6.45, 7) is 0.0452. The standard InChI is InChI=1S/C21H17ClF2N2O4/c22-13-11-14(19(26-12-13)30-16-6-4-5-15(23)17(16)24)18(27)25-10-9-21(20(28)29)7-2-1-3-8-21/h1-7,11-12H,8-10H2,(H,25,27)(H,28,29). The molecule has 1 atom stereocenters. The number of carboxylic acid groups (broad SMARTS) is 1. The summed E-state index contributed by atoms with van der Waals surface area (Å²) in [4.78, 5) is 28.2. The summed E-state index contributed by atoms with van der Waals surface area (Å²) in [7, 11) is 0. The minimum absolute atomic E-state index is 0.0452. The summed E-state index contributed by atoms with van der Waals surface area (Å²) < 4.78 is 32.6. The van der Waals surface area contributed by atoms with Gasteiger partial charge in [0.25, 0.3) is 5.91 Å². The zero-order valence-corrected chi connectivity index (χ0v) is 16.3. The fraction of sp³-hybridized carbons (Fsp3) is 0.190. The van der Waals surface area contributed by atoms with E-state index < -0.39 is 34.7 Å². The van der Waals surface area contributed by atoms with Crippen molar-refractivity contribution >= 4 is 23.5 Å². The first-order valence-electron chi connectivity index (χ1n) is 8.96. The summed E-state index contributed by atoms with van der Waals surface area (Å²) in [5.74, 6) is -4.68. The normalized spacial score (nSPS) is 17.6. The predicted molar refractivity (Wildman–Crippen MR) is 106 cm³/mol. The van der Waals surface area contributed by atoms with Gasteiger partial charge in [0, 0.05) is 12.7 Å². The highest BCUT2D eigenvalue weighted by Gasteiger charge is 2.35. The van der Waals surface area contributed by atoms with Crippen LogP contribution in [-0.4, -0.2) is 28.5 Å². The van der Waals surface area contributed by atoms with E-state index in [1.165, 1.54) is 24.4 Å². The van der Waals surface area contributed by atoms with Crippen LogP contribution in [0.5, 0.6) is 11.6 Å². The molecule has 0 radical (unpaired) electrons. The van der Waals surface area contributed by atoms with Crippen LogP contribution in [0.4, 0.5) is 8.78 Å². The van der Waals surface area contributed by atoms with Gasteiger partial charge in [-0.2, -0.15) is 4.39 Å². The Hall–Kier alpha value is -3.26. The molecule has 1 amide bonds. The number of amides is 1. The number of hydrogen-bond acceptors (Lipinski definition) is 4. The number of carboxylic acids is 1. The highest BCUT2D eigenvalue weighted by atomic mass is 35.5. The number of benzene rings is 1. The molecule has 1 aromatic heterocycles. The Morgan fingerprint density at radius 3 is 2.80 bits per heavy atom. The average molecular weight is 435 g/mol. The van der Waals surface area contributed by atoms with E-state index in [-0.39, 0.29) is 29.4 Å². The third-order valence-corrected chi connectivity index (χ3v) is 4.82. The number of allylic oxidation sites excluding steroid dienone is 3. The lowest BCUT2D eigenvalue weighted by atomic mass is 9.79. The van der Waals surface area contributed by atoms with Crippen LogP contribution in [0.3, 0.4) is 0 Å². The zero-order valence-electron chi connectivity index (χ0n) is 15.6. The lowest BCUT2D eigenvalue weighted by molar-refractivity contribution is -0.146. The smallest absolute Gasteiger partial charge is 0.313 e. The first-order chi connectivity index (χ1) is 14.3. The second-order valence-electron chi connectivity index (χ2n) is 6.62. The van der Waals surface area contributed by atoms with Crippen LogP contribution < -0.4 is 10.1 Å². The van der Waals surface area contributed by atoms with E-state index in [2.05, 4.69) is 10.3 Å². The molecule has 1 unspecified atom stereocenters. The molecule has 1 aliphatic rings. The van der Waals surface area contributed by atoms with Gasteiger partial charge in [0.15, 0.2) is 11.6 Å². The molecule has 9 heteroatoms. The van der Waals surface area contributed by atoms with Crippen molar-refractivity contribution in [3.63, 3.8) is 0 Å². The number of ether oxygens (including phenoxy) is 1.